The Labute approximate surface area is 127 Å². The van der Waals surface area contributed by atoms with Crippen LogP contribution in [0.25, 0.3) is 11.1 Å². The highest BCUT2D eigenvalue weighted by molar-refractivity contribution is 5.63. The molecule has 2 heteroatoms. The Balaban J connectivity index is 1.56. The molecule has 2 aromatic rings. The standard InChI is InChI=1S/C19H22NO/c1-2-8-18(9-3-1)19-10-4-6-17(16-19)7-5-11-20-12-14-21-15-13-20/h1-4,8-10,16H,5,7,11-15H2. The van der Waals surface area contributed by atoms with E-state index in [2.05, 4.69) is 53.4 Å². The van der Waals surface area contributed by atoms with Crippen molar-refractivity contribution in [1.82, 2.24) is 4.90 Å². The number of hydrogen-bond acceptors (Lipinski definition) is 2. The molecule has 0 N–H and O–H groups in total. The molecule has 0 aliphatic carbocycles. The number of ether oxygens (including phenoxy) is 1. The summed E-state index contributed by atoms with van der Waals surface area (Å²) in [6, 6.07) is 20.4. The number of nitrogens with zero attached hydrogens (tertiary/aromatic N) is 1. The summed E-state index contributed by atoms with van der Waals surface area (Å²) in [6.45, 7) is 5.08. The molecule has 3 rings (SSSR count). The number of benzene rings is 2. The summed E-state index contributed by atoms with van der Waals surface area (Å²) in [5.41, 5.74) is 3.88. The molecule has 1 saturated heterocycles. The Morgan fingerprint density at radius 1 is 1.00 bits per heavy atom. The third-order valence-corrected chi connectivity index (χ3v) is 3.99. The predicted molar refractivity (Wildman–Crippen MR) is 86.3 cm³/mol. The van der Waals surface area contributed by atoms with E-state index in [9.17, 15) is 0 Å². The first-order chi connectivity index (χ1) is 10.4. The van der Waals surface area contributed by atoms with E-state index >= 15 is 0 Å². The molecule has 0 spiro atoms. The molecule has 0 saturated carbocycles. The highest BCUT2D eigenvalue weighted by atomic mass is 16.5. The average Bonchev–Trinajstić information content (AvgIpc) is 2.57. The molecular weight excluding hydrogens is 258 g/mol. The van der Waals surface area contributed by atoms with Crippen molar-refractivity contribution in [2.75, 3.05) is 32.8 Å². The number of aryl methyl sites for hydroxylation is 1. The van der Waals surface area contributed by atoms with Crippen molar-refractivity contribution >= 4 is 0 Å². The lowest BCUT2D eigenvalue weighted by Crippen LogP contribution is -2.36. The largest absolute Gasteiger partial charge is 0.379 e. The Morgan fingerprint density at radius 2 is 1.81 bits per heavy atom. The van der Waals surface area contributed by atoms with E-state index in [0.717, 1.165) is 39.3 Å². The Kier molecular flexibility index (Phi) is 5.03. The van der Waals surface area contributed by atoms with Crippen molar-refractivity contribution in [3.63, 3.8) is 0 Å². The molecule has 1 aliphatic heterocycles. The van der Waals surface area contributed by atoms with Gasteiger partial charge in [0.2, 0.25) is 0 Å². The van der Waals surface area contributed by atoms with Gasteiger partial charge >= 0.3 is 0 Å². The average molecular weight is 280 g/mol. The summed E-state index contributed by atoms with van der Waals surface area (Å²) in [5.74, 6) is 0. The van der Waals surface area contributed by atoms with Crippen LogP contribution < -0.4 is 0 Å². The molecule has 2 aromatic carbocycles. The Morgan fingerprint density at radius 3 is 2.62 bits per heavy atom. The van der Waals surface area contributed by atoms with Crippen LogP contribution in [0.2, 0.25) is 0 Å². The van der Waals surface area contributed by atoms with Gasteiger partial charge in [-0.1, -0.05) is 48.5 Å². The number of hydrogen-bond donors (Lipinski definition) is 0. The SMILES string of the molecule is [c]1ccc(-c2ccccc2)cc1CCCN1CCOCC1. The summed E-state index contributed by atoms with van der Waals surface area (Å²) in [7, 11) is 0. The quantitative estimate of drug-likeness (QED) is 0.832. The maximum absolute atomic E-state index is 5.38. The van der Waals surface area contributed by atoms with Crippen LogP contribution in [0, 0.1) is 6.07 Å². The molecule has 21 heavy (non-hydrogen) atoms. The van der Waals surface area contributed by atoms with E-state index in [1.54, 1.807) is 0 Å². The minimum absolute atomic E-state index is 0.885. The van der Waals surface area contributed by atoms with E-state index in [4.69, 9.17) is 4.74 Å². The van der Waals surface area contributed by atoms with Crippen molar-refractivity contribution in [3.8, 4) is 11.1 Å². The van der Waals surface area contributed by atoms with E-state index < -0.39 is 0 Å². The highest BCUT2D eigenvalue weighted by Gasteiger charge is 2.09. The molecule has 0 atom stereocenters. The predicted octanol–water partition coefficient (Wildman–Crippen LogP) is 3.42. The maximum atomic E-state index is 5.38. The van der Waals surface area contributed by atoms with Gasteiger partial charge in [-0.3, -0.25) is 4.90 Å². The van der Waals surface area contributed by atoms with Crippen molar-refractivity contribution in [2.24, 2.45) is 0 Å². The molecule has 1 aliphatic rings. The topological polar surface area (TPSA) is 12.5 Å². The minimum Gasteiger partial charge on any atom is -0.379 e. The fourth-order valence-corrected chi connectivity index (χ4v) is 2.79. The lowest BCUT2D eigenvalue weighted by atomic mass is 10.0. The monoisotopic (exact) mass is 280 g/mol. The molecular formula is C19H22NO. The van der Waals surface area contributed by atoms with Crippen molar-refractivity contribution in [1.29, 1.82) is 0 Å². The lowest BCUT2D eigenvalue weighted by molar-refractivity contribution is 0.0374. The maximum Gasteiger partial charge on any atom is 0.0594 e. The van der Waals surface area contributed by atoms with E-state index in [1.165, 1.54) is 23.1 Å². The first-order valence-electron chi connectivity index (χ1n) is 7.78. The normalized spacial score (nSPS) is 16.0. The second-order valence-corrected chi connectivity index (χ2v) is 5.53. The lowest BCUT2D eigenvalue weighted by Gasteiger charge is -2.26. The van der Waals surface area contributed by atoms with Gasteiger partial charge in [-0.15, -0.1) is 0 Å². The third-order valence-electron chi connectivity index (χ3n) is 3.99. The summed E-state index contributed by atoms with van der Waals surface area (Å²) < 4.78 is 5.38. The van der Waals surface area contributed by atoms with Gasteiger partial charge in [0, 0.05) is 13.1 Å². The number of rotatable bonds is 5. The first-order valence-corrected chi connectivity index (χ1v) is 7.78. The fraction of sp³-hybridized carbons (Fsp3) is 0.368. The van der Waals surface area contributed by atoms with Crippen LogP contribution in [-0.4, -0.2) is 37.7 Å². The Hall–Kier alpha value is -1.64. The van der Waals surface area contributed by atoms with Gasteiger partial charge in [-0.25, -0.2) is 0 Å². The van der Waals surface area contributed by atoms with Crippen molar-refractivity contribution < 1.29 is 4.74 Å². The summed E-state index contributed by atoms with van der Waals surface area (Å²) in [6.07, 6.45) is 2.28. The molecule has 0 bridgehead atoms. The fourth-order valence-electron chi connectivity index (χ4n) is 2.79. The third kappa shape index (κ3) is 4.16. The number of morpholine rings is 1. The van der Waals surface area contributed by atoms with Crippen LogP contribution in [0.15, 0.2) is 48.5 Å². The molecule has 1 radical (unpaired) electrons. The van der Waals surface area contributed by atoms with Crippen LogP contribution in [-0.2, 0) is 11.2 Å². The van der Waals surface area contributed by atoms with Gasteiger partial charge in [0.15, 0.2) is 0 Å². The summed E-state index contributed by atoms with van der Waals surface area (Å²) >= 11 is 0. The molecule has 109 valence electrons. The zero-order chi connectivity index (χ0) is 14.3. The zero-order valence-corrected chi connectivity index (χ0v) is 12.4. The molecule has 1 heterocycles. The van der Waals surface area contributed by atoms with Crippen LogP contribution in [0.4, 0.5) is 0 Å². The second-order valence-electron chi connectivity index (χ2n) is 5.53. The minimum atomic E-state index is 0.885. The van der Waals surface area contributed by atoms with Gasteiger partial charge in [0.25, 0.3) is 0 Å². The van der Waals surface area contributed by atoms with Crippen LogP contribution in [0.5, 0.6) is 0 Å². The van der Waals surface area contributed by atoms with Gasteiger partial charge in [0.1, 0.15) is 0 Å². The molecule has 0 aromatic heterocycles. The molecule has 0 unspecified atom stereocenters. The summed E-state index contributed by atoms with van der Waals surface area (Å²) in [4.78, 5) is 2.49. The molecule has 0 amide bonds. The van der Waals surface area contributed by atoms with Gasteiger partial charge in [-0.05, 0) is 42.1 Å². The van der Waals surface area contributed by atoms with E-state index in [1.807, 2.05) is 6.07 Å². The molecule has 2 nitrogen and oxygen atoms in total. The van der Waals surface area contributed by atoms with Crippen LogP contribution >= 0.6 is 0 Å². The second kappa shape index (κ2) is 7.39. The van der Waals surface area contributed by atoms with E-state index in [-0.39, 0.29) is 0 Å². The van der Waals surface area contributed by atoms with Gasteiger partial charge in [0.05, 0.1) is 13.2 Å². The van der Waals surface area contributed by atoms with Crippen LogP contribution in [0.1, 0.15) is 12.0 Å². The zero-order valence-electron chi connectivity index (χ0n) is 12.4. The Bertz CT molecular complexity index is 547. The van der Waals surface area contributed by atoms with Gasteiger partial charge < -0.3 is 4.74 Å². The van der Waals surface area contributed by atoms with Crippen LogP contribution in [0.3, 0.4) is 0 Å². The van der Waals surface area contributed by atoms with Gasteiger partial charge in [-0.2, -0.15) is 0 Å². The smallest absolute Gasteiger partial charge is 0.0594 e. The highest BCUT2D eigenvalue weighted by Crippen LogP contribution is 2.20. The first kappa shape index (κ1) is 14.3. The summed E-state index contributed by atoms with van der Waals surface area (Å²) in [5, 5.41) is 0. The van der Waals surface area contributed by atoms with E-state index in [0.29, 0.717) is 0 Å². The van der Waals surface area contributed by atoms with Crippen molar-refractivity contribution in [2.45, 2.75) is 12.8 Å². The van der Waals surface area contributed by atoms with Crippen molar-refractivity contribution in [3.05, 3.63) is 60.2 Å². The molecule has 1 fully saturated rings.